The molecule has 0 aliphatic carbocycles. The van der Waals surface area contributed by atoms with Gasteiger partial charge < -0.3 is 10.1 Å². The fourth-order valence-corrected chi connectivity index (χ4v) is 2.95. The van der Waals surface area contributed by atoms with Crippen LogP contribution in [0.15, 0.2) is 60.7 Å². The molecule has 1 atom stereocenters. The highest BCUT2D eigenvalue weighted by Crippen LogP contribution is 2.20. The summed E-state index contributed by atoms with van der Waals surface area (Å²) in [5.41, 5.74) is 0.948. The summed E-state index contributed by atoms with van der Waals surface area (Å²) in [5.74, 6) is -1.78. The van der Waals surface area contributed by atoms with Crippen molar-refractivity contribution in [1.82, 2.24) is 5.32 Å². The predicted octanol–water partition coefficient (Wildman–Crippen LogP) is 4.67. The first kappa shape index (κ1) is 18.9. The molecule has 1 amide bonds. The van der Waals surface area contributed by atoms with Crippen LogP contribution < -0.4 is 5.32 Å². The highest BCUT2D eigenvalue weighted by atomic mass is 35.5. The summed E-state index contributed by atoms with van der Waals surface area (Å²) in [6, 6.07) is 17.0. The predicted molar refractivity (Wildman–Crippen MR) is 102 cm³/mol. The zero-order valence-electron chi connectivity index (χ0n) is 14.5. The van der Waals surface area contributed by atoms with Gasteiger partial charge in [-0.1, -0.05) is 48.0 Å². The molecule has 0 radical (unpaired) electrons. The second kappa shape index (κ2) is 8.18. The number of nitrogens with one attached hydrogen (secondary N) is 1. The molecule has 1 unspecified atom stereocenters. The number of hydrogen-bond donors (Lipinski definition) is 1. The minimum absolute atomic E-state index is 0.00782. The summed E-state index contributed by atoms with van der Waals surface area (Å²) < 4.78 is 18.0. The topological polar surface area (TPSA) is 55.4 Å². The Morgan fingerprint density at radius 1 is 1.07 bits per heavy atom. The van der Waals surface area contributed by atoms with E-state index in [2.05, 4.69) is 5.32 Å². The van der Waals surface area contributed by atoms with E-state index < -0.39 is 24.3 Å². The maximum atomic E-state index is 13.0. The Labute approximate surface area is 160 Å². The zero-order chi connectivity index (χ0) is 19.4. The van der Waals surface area contributed by atoms with Crippen molar-refractivity contribution >= 4 is 34.2 Å². The average molecular weight is 386 g/mol. The van der Waals surface area contributed by atoms with Gasteiger partial charge in [-0.2, -0.15) is 0 Å². The van der Waals surface area contributed by atoms with Crippen molar-refractivity contribution in [1.29, 1.82) is 0 Å². The fourth-order valence-electron chi connectivity index (χ4n) is 2.71. The second-order valence-corrected chi connectivity index (χ2v) is 6.50. The third-order valence-electron chi connectivity index (χ3n) is 4.14. The van der Waals surface area contributed by atoms with Crippen LogP contribution in [0.2, 0.25) is 5.02 Å². The van der Waals surface area contributed by atoms with Crippen molar-refractivity contribution < 1.29 is 18.7 Å². The average Bonchev–Trinajstić information content (AvgIpc) is 2.65. The smallest absolute Gasteiger partial charge is 0.340 e. The highest BCUT2D eigenvalue weighted by Gasteiger charge is 2.16. The van der Waals surface area contributed by atoms with E-state index in [-0.39, 0.29) is 16.6 Å². The van der Waals surface area contributed by atoms with Gasteiger partial charge in [0.1, 0.15) is 5.82 Å². The van der Waals surface area contributed by atoms with E-state index in [0.29, 0.717) is 0 Å². The lowest BCUT2D eigenvalue weighted by Gasteiger charge is -2.15. The van der Waals surface area contributed by atoms with Crippen LogP contribution in [-0.2, 0) is 9.53 Å². The molecule has 0 saturated carbocycles. The van der Waals surface area contributed by atoms with Crippen LogP contribution >= 0.6 is 11.6 Å². The fraction of sp³-hybridized carbons (Fsp3) is 0.143. The molecule has 0 spiro atoms. The monoisotopic (exact) mass is 385 g/mol. The molecule has 0 saturated heterocycles. The number of ether oxygens (including phenoxy) is 1. The van der Waals surface area contributed by atoms with E-state index in [1.165, 1.54) is 6.07 Å². The molecule has 138 valence electrons. The molecule has 0 heterocycles. The summed E-state index contributed by atoms with van der Waals surface area (Å²) >= 11 is 5.81. The minimum Gasteiger partial charge on any atom is -0.452 e. The van der Waals surface area contributed by atoms with Gasteiger partial charge in [0.05, 0.1) is 16.6 Å². The van der Waals surface area contributed by atoms with Crippen molar-refractivity contribution in [3.05, 3.63) is 82.6 Å². The minimum atomic E-state index is -0.784. The maximum absolute atomic E-state index is 13.0. The lowest BCUT2D eigenvalue weighted by Crippen LogP contribution is -2.31. The first-order valence-corrected chi connectivity index (χ1v) is 8.72. The number of benzene rings is 3. The molecule has 0 fully saturated rings. The number of carbonyl (C=O) groups is 2. The number of esters is 1. The molecule has 0 aliphatic heterocycles. The van der Waals surface area contributed by atoms with Gasteiger partial charge in [-0.25, -0.2) is 9.18 Å². The lowest BCUT2D eigenvalue weighted by molar-refractivity contribution is -0.124. The Balaban J connectivity index is 1.58. The van der Waals surface area contributed by atoms with E-state index in [0.717, 1.165) is 28.5 Å². The van der Waals surface area contributed by atoms with Crippen LogP contribution in [0.5, 0.6) is 0 Å². The van der Waals surface area contributed by atoms with E-state index in [4.69, 9.17) is 16.3 Å². The van der Waals surface area contributed by atoms with Crippen LogP contribution in [0, 0.1) is 5.82 Å². The van der Waals surface area contributed by atoms with Gasteiger partial charge in [-0.3, -0.25) is 4.79 Å². The number of rotatable bonds is 5. The largest absolute Gasteiger partial charge is 0.452 e. The lowest BCUT2D eigenvalue weighted by atomic mass is 10.0. The van der Waals surface area contributed by atoms with Crippen LogP contribution in [0.4, 0.5) is 4.39 Å². The summed E-state index contributed by atoms with van der Waals surface area (Å²) in [6.45, 7) is 1.39. The molecule has 3 rings (SSSR count). The molecule has 3 aromatic rings. The number of hydrogen-bond acceptors (Lipinski definition) is 3. The summed E-state index contributed by atoms with van der Waals surface area (Å²) in [5, 5.41) is 4.91. The molecule has 4 nitrogen and oxygen atoms in total. The van der Waals surface area contributed by atoms with Gasteiger partial charge in [-0.15, -0.1) is 0 Å². The van der Waals surface area contributed by atoms with Crippen LogP contribution in [-0.4, -0.2) is 18.5 Å². The van der Waals surface area contributed by atoms with E-state index >= 15 is 0 Å². The van der Waals surface area contributed by atoms with E-state index in [9.17, 15) is 14.0 Å². The molecule has 3 aromatic carbocycles. The first-order chi connectivity index (χ1) is 12.9. The molecule has 0 aromatic heterocycles. The molecule has 6 heteroatoms. The summed E-state index contributed by atoms with van der Waals surface area (Å²) in [7, 11) is 0. The van der Waals surface area contributed by atoms with Crippen molar-refractivity contribution in [2.75, 3.05) is 6.61 Å². The molecule has 0 bridgehead atoms. The Bertz CT molecular complexity index is 1010. The number of fused-ring (bicyclic) bond motifs is 1. The van der Waals surface area contributed by atoms with Gasteiger partial charge in [0.2, 0.25) is 0 Å². The quantitative estimate of drug-likeness (QED) is 0.649. The van der Waals surface area contributed by atoms with Gasteiger partial charge in [0.25, 0.3) is 5.91 Å². The molecule has 0 aliphatic rings. The van der Waals surface area contributed by atoms with Gasteiger partial charge in [0.15, 0.2) is 6.61 Å². The maximum Gasteiger partial charge on any atom is 0.340 e. The number of halogens is 2. The van der Waals surface area contributed by atoms with Crippen LogP contribution in [0.3, 0.4) is 0 Å². The summed E-state index contributed by atoms with van der Waals surface area (Å²) in [6.07, 6.45) is 0. The van der Waals surface area contributed by atoms with E-state index in [1.807, 2.05) is 49.4 Å². The number of amides is 1. The van der Waals surface area contributed by atoms with Crippen LogP contribution in [0.25, 0.3) is 10.8 Å². The summed E-state index contributed by atoms with van der Waals surface area (Å²) in [4.78, 5) is 24.1. The van der Waals surface area contributed by atoms with Gasteiger partial charge >= 0.3 is 5.97 Å². The van der Waals surface area contributed by atoms with Gasteiger partial charge in [0, 0.05) is 0 Å². The molecule has 27 heavy (non-hydrogen) atoms. The molecule has 1 N–H and O–H groups in total. The highest BCUT2D eigenvalue weighted by molar-refractivity contribution is 6.33. The number of carbonyl (C=O) groups excluding carboxylic acids is 2. The van der Waals surface area contributed by atoms with Crippen LogP contribution in [0.1, 0.15) is 28.9 Å². The van der Waals surface area contributed by atoms with Crippen molar-refractivity contribution in [2.45, 2.75) is 13.0 Å². The Kier molecular flexibility index (Phi) is 5.72. The SMILES string of the molecule is CC(NC(=O)COC(=O)c1ccc(F)cc1Cl)c1ccc2ccccc2c1. The molecular weight excluding hydrogens is 369 g/mol. The standard InChI is InChI=1S/C21H17ClFNO3/c1-13(15-7-6-14-4-2-3-5-16(14)10-15)24-20(25)12-27-21(26)18-9-8-17(23)11-19(18)22/h2-11,13H,12H2,1H3,(H,24,25). The normalized spacial score (nSPS) is 11.8. The Hall–Kier alpha value is -2.92. The van der Waals surface area contributed by atoms with Crippen molar-refractivity contribution in [3.63, 3.8) is 0 Å². The first-order valence-electron chi connectivity index (χ1n) is 8.34. The zero-order valence-corrected chi connectivity index (χ0v) is 15.3. The third kappa shape index (κ3) is 4.63. The van der Waals surface area contributed by atoms with Crippen molar-refractivity contribution in [3.8, 4) is 0 Å². The Morgan fingerprint density at radius 2 is 1.81 bits per heavy atom. The van der Waals surface area contributed by atoms with E-state index in [1.54, 1.807) is 0 Å². The molecular formula is C21H17ClFNO3. The second-order valence-electron chi connectivity index (χ2n) is 6.10. The Morgan fingerprint density at radius 3 is 2.56 bits per heavy atom. The third-order valence-corrected chi connectivity index (χ3v) is 4.45. The van der Waals surface area contributed by atoms with Gasteiger partial charge in [-0.05, 0) is 47.5 Å². The van der Waals surface area contributed by atoms with Crippen molar-refractivity contribution in [2.24, 2.45) is 0 Å².